The average Bonchev–Trinajstić information content (AvgIpc) is 2.37. The smallest absolute Gasteiger partial charge is 0.297 e. The predicted molar refractivity (Wildman–Crippen MR) is 78.2 cm³/mol. The molecule has 5 heteroatoms. The van der Waals surface area contributed by atoms with Gasteiger partial charge in [0, 0.05) is 12.1 Å². The molecule has 3 rings (SSSR count). The Labute approximate surface area is 127 Å². The van der Waals surface area contributed by atoms with E-state index in [1.54, 1.807) is 6.07 Å². The van der Waals surface area contributed by atoms with Gasteiger partial charge in [-0.05, 0) is 49.6 Å². The fourth-order valence-corrected chi connectivity index (χ4v) is 3.62. The lowest BCUT2D eigenvalue weighted by Crippen LogP contribution is -2.45. The van der Waals surface area contributed by atoms with Gasteiger partial charge in [0.05, 0.1) is 10.6 Å². The molecule has 0 aromatic heterocycles. The summed E-state index contributed by atoms with van der Waals surface area (Å²) in [5.41, 5.74) is 0.924. The first-order chi connectivity index (χ1) is 9.86. The van der Waals surface area contributed by atoms with Gasteiger partial charge in [-0.15, -0.1) is 0 Å². The molecule has 2 heterocycles. The number of hydrogen-bond donors (Lipinski definition) is 0. The van der Waals surface area contributed by atoms with Crippen LogP contribution in [0.3, 0.4) is 0 Å². The summed E-state index contributed by atoms with van der Waals surface area (Å²) >= 11 is 5.69. The summed E-state index contributed by atoms with van der Waals surface area (Å²) < 4.78 is 38.9. The highest BCUT2D eigenvalue weighted by atomic mass is 35.5. The van der Waals surface area contributed by atoms with Gasteiger partial charge in [-0.25, -0.2) is 0 Å². The van der Waals surface area contributed by atoms with E-state index < -0.39 is 11.7 Å². The molecule has 2 unspecified atom stereocenters. The number of benzene rings is 1. The number of piperidine rings is 1. The molecule has 114 valence electrons. The van der Waals surface area contributed by atoms with Crippen LogP contribution in [0.5, 0.6) is 0 Å². The van der Waals surface area contributed by atoms with Crippen LogP contribution in [-0.4, -0.2) is 24.0 Å². The molecular weight excluding hydrogens is 299 g/mol. The lowest BCUT2D eigenvalue weighted by molar-refractivity contribution is -0.137. The minimum Gasteiger partial charge on any atom is -0.297 e. The minimum absolute atomic E-state index is 0.236. The van der Waals surface area contributed by atoms with Gasteiger partial charge >= 0.3 is 6.18 Å². The molecule has 2 aliphatic rings. The van der Waals surface area contributed by atoms with Crippen molar-refractivity contribution in [1.82, 2.24) is 4.90 Å². The molecule has 2 atom stereocenters. The van der Waals surface area contributed by atoms with Crippen molar-refractivity contribution in [2.24, 2.45) is 0 Å². The quantitative estimate of drug-likeness (QED) is 0.705. The maximum Gasteiger partial charge on any atom is 0.417 e. The lowest BCUT2D eigenvalue weighted by atomic mass is 9.83. The molecule has 1 aromatic rings. The largest absolute Gasteiger partial charge is 0.417 e. The monoisotopic (exact) mass is 315 g/mol. The summed E-state index contributed by atoms with van der Waals surface area (Å²) in [6.45, 7) is 0. The highest BCUT2D eigenvalue weighted by molar-refractivity contribution is 6.31. The highest BCUT2D eigenvalue weighted by Crippen LogP contribution is 2.40. The van der Waals surface area contributed by atoms with Crippen LogP contribution in [0.1, 0.15) is 36.8 Å². The summed E-state index contributed by atoms with van der Waals surface area (Å²) in [5.74, 6) is 0. The Morgan fingerprint density at radius 1 is 1.24 bits per heavy atom. The predicted octanol–water partition coefficient (Wildman–Crippen LogP) is 5.00. The second-order valence-corrected chi connectivity index (χ2v) is 6.31. The summed E-state index contributed by atoms with van der Waals surface area (Å²) in [6, 6.07) is 5.03. The first kappa shape index (κ1) is 14.9. The van der Waals surface area contributed by atoms with Gasteiger partial charge in [-0.1, -0.05) is 30.2 Å². The Balaban J connectivity index is 1.98. The molecule has 21 heavy (non-hydrogen) atoms. The number of fused-ring (bicyclic) bond motifs is 2. The Bertz CT molecular complexity index is 579. The van der Waals surface area contributed by atoms with Gasteiger partial charge in [0.25, 0.3) is 0 Å². The van der Waals surface area contributed by atoms with E-state index in [4.69, 9.17) is 11.6 Å². The third-order valence-corrected chi connectivity index (χ3v) is 4.96. The molecule has 0 amide bonds. The van der Waals surface area contributed by atoms with Gasteiger partial charge in [0.2, 0.25) is 0 Å². The Kier molecular flexibility index (Phi) is 3.78. The maximum absolute atomic E-state index is 13.0. The van der Waals surface area contributed by atoms with Crippen molar-refractivity contribution in [3.05, 3.63) is 40.4 Å². The highest BCUT2D eigenvalue weighted by Gasteiger charge is 2.35. The first-order valence-corrected chi connectivity index (χ1v) is 7.54. The third-order valence-electron chi connectivity index (χ3n) is 4.63. The molecule has 2 bridgehead atoms. The van der Waals surface area contributed by atoms with Crippen molar-refractivity contribution >= 4 is 17.2 Å². The van der Waals surface area contributed by atoms with Crippen LogP contribution < -0.4 is 0 Å². The van der Waals surface area contributed by atoms with E-state index in [-0.39, 0.29) is 5.02 Å². The Morgan fingerprint density at radius 3 is 2.67 bits per heavy atom. The SMILES string of the molecule is CN1C2C=C(c3ccc(Cl)c(C(F)(F)F)c3)CC1CCC2. The lowest BCUT2D eigenvalue weighted by Gasteiger charge is -2.43. The number of hydrogen-bond acceptors (Lipinski definition) is 1. The number of likely N-dealkylation sites (N-methyl/N-ethyl adjacent to an activating group) is 1. The van der Waals surface area contributed by atoms with Crippen molar-refractivity contribution in [3.63, 3.8) is 0 Å². The van der Waals surface area contributed by atoms with E-state index in [1.807, 2.05) is 0 Å². The molecule has 2 aliphatic heterocycles. The second-order valence-electron chi connectivity index (χ2n) is 5.91. The normalized spacial score (nSPS) is 26.6. The zero-order valence-electron chi connectivity index (χ0n) is 11.8. The number of halogens is 4. The van der Waals surface area contributed by atoms with Crippen LogP contribution in [0.4, 0.5) is 13.2 Å². The topological polar surface area (TPSA) is 3.24 Å². The third kappa shape index (κ3) is 2.84. The van der Waals surface area contributed by atoms with Gasteiger partial charge < -0.3 is 0 Å². The number of alkyl halides is 3. The van der Waals surface area contributed by atoms with E-state index in [9.17, 15) is 13.2 Å². The molecule has 1 aromatic carbocycles. The second kappa shape index (κ2) is 5.33. The van der Waals surface area contributed by atoms with Crippen LogP contribution in [0, 0.1) is 0 Å². The van der Waals surface area contributed by atoms with E-state index in [0.29, 0.717) is 17.6 Å². The summed E-state index contributed by atoms with van der Waals surface area (Å²) in [5, 5.41) is -0.236. The van der Waals surface area contributed by atoms with Crippen molar-refractivity contribution in [2.75, 3.05) is 7.05 Å². The fraction of sp³-hybridized carbons (Fsp3) is 0.500. The van der Waals surface area contributed by atoms with Crippen molar-refractivity contribution in [1.29, 1.82) is 0 Å². The summed E-state index contributed by atoms with van der Waals surface area (Å²) in [6.07, 6.45) is 1.91. The average molecular weight is 316 g/mol. The number of nitrogens with zero attached hydrogens (tertiary/aromatic N) is 1. The van der Waals surface area contributed by atoms with Crippen LogP contribution in [0.25, 0.3) is 5.57 Å². The molecule has 0 spiro atoms. The van der Waals surface area contributed by atoms with Crippen molar-refractivity contribution in [2.45, 2.75) is 43.9 Å². The minimum atomic E-state index is -4.41. The van der Waals surface area contributed by atoms with Crippen LogP contribution in [0.2, 0.25) is 5.02 Å². The summed E-state index contributed by atoms with van der Waals surface area (Å²) in [4.78, 5) is 2.34. The zero-order chi connectivity index (χ0) is 15.2. The Hall–Kier alpha value is -1.00. The van der Waals surface area contributed by atoms with Crippen LogP contribution in [-0.2, 0) is 6.18 Å². The van der Waals surface area contributed by atoms with Crippen LogP contribution in [0.15, 0.2) is 24.3 Å². The van der Waals surface area contributed by atoms with Crippen molar-refractivity contribution < 1.29 is 13.2 Å². The molecule has 1 saturated heterocycles. The van der Waals surface area contributed by atoms with Crippen LogP contribution >= 0.6 is 11.6 Å². The zero-order valence-corrected chi connectivity index (χ0v) is 12.5. The van der Waals surface area contributed by atoms with Gasteiger partial charge in [0.1, 0.15) is 0 Å². The molecule has 0 radical (unpaired) electrons. The fourth-order valence-electron chi connectivity index (χ4n) is 3.40. The standard InChI is InChI=1S/C16H17ClF3N/c1-21-12-3-2-4-13(21)8-11(7-12)10-5-6-15(17)14(9-10)16(18,19)20/h5-7,9,12-13H,2-4,8H2,1H3. The molecular formula is C16H17ClF3N. The van der Waals surface area contributed by atoms with Gasteiger partial charge in [-0.3, -0.25) is 4.90 Å². The molecule has 1 fully saturated rings. The molecule has 0 aliphatic carbocycles. The van der Waals surface area contributed by atoms with E-state index in [2.05, 4.69) is 18.0 Å². The molecule has 0 saturated carbocycles. The first-order valence-electron chi connectivity index (χ1n) is 7.16. The summed E-state index contributed by atoms with van der Waals surface area (Å²) in [7, 11) is 2.10. The van der Waals surface area contributed by atoms with E-state index in [1.165, 1.54) is 18.6 Å². The maximum atomic E-state index is 13.0. The van der Waals surface area contributed by atoms with Crippen molar-refractivity contribution in [3.8, 4) is 0 Å². The van der Waals surface area contributed by atoms with E-state index in [0.717, 1.165) is 24.8 Å². The van der Waals surface area contributed by atoms with E-state index >= 15 is 0 Å². The number of rotatable bonds is 1. The van der Waals surface area contributed by atoms with Gasteiger partial charge in [-0.2, -0.15) is 13.2 Å². The molecule has 0 N–H and O–H groups in total. The Morgan fingerprint density at radius 2 is 2.00 bits per heavy atom. The molecule has 1 nitrogen and oxygen atoms in total. The van der Waals surface area contributed by atoms with Gasteiger partial charge in [0.15, 0.2) is 0 Å².